The van der Waals surface area contributed by atoms with Gasteiger partial charge in [0, 0.05) is 43.0 Å². The molecule has 1 atom stereocenters. The zero-order chi connectivity index (χ0) is 23.7. The van der Waals surface area contributed by atoms with Gasteiger partial charge >= 0.3 is 0 Å². The summed E-state index contributed by atoms with van der Waals surface area (Å²) in [4.78, 5) is 43.6. The molecule has 0 bridgehead atoms. The minimum absolute atomic E-state index is 0.00732. The van der Waals surface area contributed by atoms with Crippen LogP contribution in [0.4, 0.5) is 15.8 Å². The Balaban J connectivity index is 1.21. The molecule has 3 aromatic rings. The molecule has 3 aromatic carbocycles. The van der Waals surface area contributed by atoms with Gasteiger partial charge in [-0.15, -0.1) is 0 Å². The lowest BCUT2D eigenvalue weighted by Gasteiger charge is -2.38. The van der Waals surface area contributed by atoms with Crippen molar-refractivity contribution in [1.29, 1.82) is 0 Å². The molecule has 2 amide bonds. The first-order valence-electron chi connectivity index (χ1n) is 11.3. The summed E-state index contributed by atoms with van der Waals surface area (Å²) in [6.07, 6.45) is 0.131. The van der Waals surface area contributed by atoms with E-state index < -0.39 is 11.9 Å². The number of amides is 2. The Hall–Kier alpha value is -3.84. The topological polar surface area (TPSA) is 60.9 Å². The van der Waals surface area contributed by atoms with E-state index in [9.17, 15) is 18.8 Å². The molecular weight excluding hydrogens is 433 g/mol. The van der Waals surface area contributed by atoms with Crippen LogP contribution in [0.5, 0.6) is 0 Å². The van der Waals surface area contributed by atoms with Gasteiger partial charge in [-0.25, -0.2) is 9.29 Å². The third-order valence-corrected chi connectivity index (χ3v) is 6.49. The highest BCUT2D eigenvalue weighted by Crippen LogP contribution is 2.27. The van der Waals surface area contributed by atoms with E-state index in [1.807, 2.05) is 59.5 Å². The molecular formula is C27H24FN3O3. The Morgan fingerprint density at radius 1 is 0.735 bits per heavy atom. The second-order valence-electron chi connectivity index (χ2n) is 8.53. The van der Waals surface area contributed by atoms with Crippen molar-refractivity contribution in [2.45, 2.75) is 12.5 Å². The van der Waals surface area contributed by atoms with Crippen LogP contribution in [0.3, 0.4) is 0 Å². The maximum atomic E-state index is 13.2. The summed E-state index contributed by atoms with van der Waals surface area (Å²) in [6.45, 7) is 2.71. The summed E-state index contributed by atoms with van der Waals surface area (Å²) >= 11 is 0. The molecule has 2 heterocycles. The van der Waals surface area contributed by atoms with Gasteiger partial charge in [0.2, 0.25) is 5.91 Å². The molecule has 2 fully saturated rings. The Morgan fingerprint density at radius 3 is 1.97 bits per heavy atom. The average Bonchev–Trinajstić information content (AvgIpc) is 3.18. The summed E-state index contributed by atoms with van der Waals surface area (Å²) in [5.74, 6) is -0.934. The molecule has 34 heavy (non-hydrogen) atoms. The van der Waals surface area contributed by atoms with Crippen LogP contribution >= 0.6 is 0 Å². The number of anilines is 2. The minimum Gasteiger partial charge on any atom is -0.369 e. The van der Waals surface area contributed by atoms with Gasteiger partial charge in [0.15, 0.2) is 5.78 Å². The van der Waals surface area contributed by atoms with E-state index >= 15 is 0 Å². The number of benzene rings is 3. The Kier molecular flexibility index (Phi) is 5.94. The highest BCUT2D eigenvalue weighted by molar-refractivity contribution is 6.22. The maximum absolute atomic E-state index is 13.2. The average molecular weight is 458 g/mol. The van der Waals surface area contributed by atoms with Crippen LogP contribution in [-0.2, 0) is 9.59 Å². The second-order valence-corrected chi connectivity index (χ2v) is 8.53. The fourth-order valence-corrected chi connectivity index (χ4v) is 4.63. The van der Waals surface area contributed by atoms with Gasteiger partial charge < -0.3 is 4.90 Å². The molecule has 2 aliphatic rings. The third-order valence-electron chi connectivity index (χ3n) is 6.49. The fraction of sp³-hybridized carbons (Fsp3) is 0.222. The number of rotatable bonds is 5. The van der Waals surface area contributed by atoms with E-state index in [2.05, 4.69) is 4.90 Å². The van der Waals surface area contributed by atoms with Gasteiger partial charge in [-0.05, 0) is 48.5 Å². The molecule has 0 radical (unpaired) electrons. The Morgan fingerprint density at radius 2 is 1.32 bits per heavy atom. The summed E-state index contributed by atoms with van der Waals surface area (Å²) < 4.78 is 13.2. The fourth-order valence-electron chi connectivity index (χ4n) is 4.63. The van der Waals surface area contributed by atoms with Gasteiger partial charge in [0.05, 0.1) is 18.2 Å². The normalized spacial score (nSPS) is 19.0. The Labute approximate surface area is 197 Å². The van der Waals surface area contributed by atoms with Crippen LogP contribution in [0.1, 0.15) is 22.3 Å². The van der Waals surface area contributed by atoms with E-state index in [4.69, 9.17) is 0 Å². The van der Waals surface area contributed by atoms with Crippen molar-refractivity contribution in [3.05, 3.63) is 95.8 Å². The molecule has 7 heteroatoms. The third kappa shape index (κ3) is 4.22. The first-order valence-corrected chi connectivity index (χ1v) is 11.3. The molecule has 6 nitrogen and oxygen atoms in total. The van der Waals surface area contributed by atoms with Gasteiger partial charge in [-0.1, -0.05) is 30.3 Å². The summed E-state index contributed by atoms with van der Waals surface area (Å²) in [5, 5.41) is 0. The van der Waals surface area contributed by atoms with E-state index in [0.717, 1.165) is 5.69 Å². The molecule has 172 valence electrons. The highest BCUT2D eigenvalue weighted by atomic mass is 19.1. The van der Waals surface area contributed by atoms with E-state index in [1.165, 1.54) is 29.2 Å². The number of halogens is 1. The number of piperazine rings is 1. The van der Waals surface area contributed by atoms with Crippen LogP contribution in [0.15, 0.2) is 78.9 Å². The van der Waals surface area contributed by atoms with E-state index in [1.54, 1.807) is 0 Å². The van der Waals surface area contributed by atoms with Crippen molar-refractivity contribution < 1.29 is 18.8 Å². The molecule has 0 spiro atoms. The smallest absolute Gasteiger partial charge is 0.251 e. The molecule has 0 unspecified atom stereocenters. The molecule has 2 aliphatic heterocycles. The summed E-state index contributed by atoms with van der Waals surface area (Å²) in [6, 6.07) is 21.7. The number of carbonyl (C=O) groups is 3. The van der Waals surface area contributed by atoms with Gasteiger partial charge in [0.25, 0.3) is 5.91 Å². The lowest BCUT2D eigenvalue weighted by Crippen LogP contribution is -2.52. The maximum Gasteiger partial charge on any atom is 0.251 e. The minimum atomic E-state index is -0.495. The quantitative estimate of drug-likeness (QED) is 0.434. The number of nitrogens with zero attached hydrogens (tertiary/aromatic N) is 3. The zero-order valence-corrected chi connectivity index (χ0v) is 18.6. The Bertz CT molecular complexity index is 1200. The predicted octanol–water partition coefficient (Wildman–Crippen LogP) is 3.51. The van der Waals surface area contributed by atoms with Gasteiger partial charge in [-0.2, -0.15) is 0 Å². The summed E-state index contributed by atoms with van der Waals surface area (Å²) in [5.41, 5.74) is 2.73. The molecule has 0 saturated carbocycles. The van der Waals surface area contributed by atoms with Crippen molar-refractivity contribution >= 4 is 29.0 Å². The number of ketones is 1. The molecule has 0 N–H and O–H groups in total. The lowest BCUT2D eigenvalue weighted by atomic mass is 10.0. The number of hydrogen-bond acceptors (Lipinski definition) is 5. The first-order chi connectivity index (χ1) is 16.5. The van der Waals surface area contributed by atoms with Crippen molar-refractivity contribution in [2.24, 2.45) is 0 Å². The van der Waals surface area contributed by atoms with E-state index in [0.29, 0.717) is 43.0 Å². The van der Waals surface area contributed by atoms with Crippen LogP contribution in [0.25, 0.3) is 0 Å². The van der Waals surface area contributed by atoms with Crippen molar-refractivity contribution in [3.8, 4) is 0 Å². The molecule has 2 saturated heterocycles. The molecule has 0 aromatic heterocycles. The second kappa shape index (κ2) is 9.19. The monoisotopic (exact) mass is 457 g/mol. The predicted molar refractivity (Wildman–Crippen MR) is 127 cm³/mol. The molecule has 0 aliphatic carbocycles. The summed E-state index contributed by atoms with van der Waals surface area (Å²) in [7, 11) is 0. The van der Waals surface area contributed by atoms with Crippen LogP contribution in [0.2, 0.25) is 0 Å². The van der Waals surface area contributed by atoms with Gasteiger partial charge in [-0.3, -0.25) is 19.3 Å². The molecule has 5 rings (SSSR count). The van der Waals surface area contributed by atoms with Crippen LogP contribution in [-0.4, -0.2) is 54.7 Å². The number of hydrogen-bond donors (Lipinski definition) is 0. The van der Waals surface area contributed by atoms with Gasteiger partial charge in [0.1, 0.15) is 5.82 Å². The van der Waals surface area contributed by atoms with Crippen molar-refractivity contribution in [3.63, 3.8) is 0 Å². The van der Waals surface area contributed by atoms with Crippen molar-refractivity contribution in [2.75, 3.05) is 36.0 Å². The number of carbonyl (C=O) groups excluding carboxylic acids is 3. The lowest BCUT2D eigenvalue weighted by molar-refractivity contribution is -0.123. The van der Waals surface area contributed by atoms with E-state index in [-0.39, 0.29) is 24.0 Å². The highest BCUT2D eigenvalue weighted by Gasteiger charge is 2.43. The standard InChI is InChI=1S/C27H24FN3O3/c28-21-8-12-23(13-9-21)31-25(32)18-24(27(31)34)30-16-14-29(15-17-30)22-10-6-20(7-11-22)26(33)19-4-2-1-3-5-19/h1-13,24H,14-18H2/t24-/m0/s1. The largest absolute Gasteiger partial charge is 0.369 e. The number of imide groups is 1. The van der Waals surface area contributed by atoms with Crippen molar-refractivity contribution in [1.82, 2.24) is 4.90 Å². The SMILES string of the molecule is O=C(c1ccccc1)c1ccc(N2CCN([C@H]3CC(=O)N(c4ccc(F)cc4)C3=O)CC2)cc1. The van der Waals surface area contributed by atoms with Crippen LogP contribution < -0.4 is 9.80 Å². The van der Waals surface area contributed by atoms with Crippen LogP contribution in [0, 0.1) is 5.82 Å². The zero-order valence-electron chi connectivity index (χ0n) is 18.6. The first kappa shape index (κ1) is 22.0.